The fourth-order valence-electron chi connectivity index (χ4n) is 2.30. The molecule has 0 fully saturated rings. The van der Waals surface area contributed by atoms with Crippen molar-refractivity contribution in [3.8, 4) is 5.75 Å². The second-order valence-corrected chi connectivity index (χ2v) is 6.82. The van der Waals surface area contributed by atoms with E-state index >= 15 is 0 Å². The molecule has 4 heteroatoms. The van der Waals surface area contributed by atoms with Gasteiger partial charge in [-0.25, -0.2) is 0 Å². The van der Waals surface area contributed by atoms with Crippen LogP contribution < -0.4 is 10.1 Å². The molecule has 0 saturated carbocycles. The smallest absolute Gasteiger partial charge is 0.137 e. The Bertz CT molecular complexity index is 587. The van der Waals surface area contributed by atoms with E-state index in [-0.39, 0.29) is 0 Å². The highest BCUT2D eigenvalue weighted by molar-refractivity contribution is 9.11. The first-order chi connectivity index (χ1) is 10.1. The zero-order valence-electron chi connectivity index (χ0n) is 12.2. The Morgan fingerprint density at radius 3 is 2.52 bits per heavy atom. The molecule has 1 atom stereocenters. The van der Waals surface area contributed by atoms with Crippen molar-refractivity contribution in [1.29, 1.82) is 0 Å². The van der Waals surface area contributed by atoms with Crippen molar-refractivity contribution in [3.63, 3.8) is 0 Å². The maximum Gasteiger partial charge on any atom is 0.137 e. The van der Waals surface area contributed by atoms with Crippen LogP contribution in [0, 0.1) is 0 Å². The lowest BCUT2D eigenvalue weighted by Crippen LogP contribution is -2.27. The molecular formula is C17H19Br2NO. The molecule has 0 aliphatic rings. The number of halogens is 2. The molecule has 0 amide bonds. The largest absolute Gasteiger partial charge is 0.495 e. The maximum absolute atomic E-state index is 5.47. The van der Waals surface area contributed by atoms with Crippen LogP contribution >= 0.6 is 31.9 Å². The minimum Gasteiger partial charge on any atom is -0.495 e. The lowest BCUT2D eigenvalue weighted by molar-refractivity contribution is 0.403. The minimum atomic E-state index is 0.398. The highest BCUT2D eigenvalue weighted by atomic mass is 79.9. The van der Waals surface area contributed by atoms with E-state index in [4.69, 9.17) is 4.74 Å². The van der Waals surface area contributed by atoms with Gasteiger partial charge in [-0.05, 0) is 47.0 Å². The van der Waals surface area contributed by atoms with Crippen molar-refractivity contribution < 1.29 is 4.74 Å². The van der Waals surface area contributed by atoms with Gasteiger partial charge >= 0.3 is 0 Å². The minimum absolute atomic E-state index is 0.398. The Balaban J connectivity index is 1.99. The van der Waals surface area contributed by atoms with Crippen LogP contribution in [0.25, 0.3) is 0 Å². The van der Waals surface area contributed by atoms with Crippen LogP contribution in [0.4, 0.5) is 0 Å². The van der Waals surface area contributed by atoms with Crippen LogP contribution in [0.3, 0.4) is 0 Å². The summed E-state index contributed by atoms with van der Waals surface area (Å²) in [4.78, 5) is 0. The van der Waals surface area contributed by atoms with Gasteiger partial charge in [0.1, 0.15) is 5.75 Å². The molecule has 0 radical (unpaired) electrons. The summed E-state index contributed by atoms with van der Waals surface area (Å²) in [5.74, 6) is 0.887. The van der Waals surface area contributed by atoms with Gasteiger partial charge in [-0.2, -0.15) is 0 Å². The standard InChI is InChI=1S/C17H19Br2NO/c1-12(8-13-6-4-3-5-7-13)20-11-14-9-15(18)10-16(19)17(14)21-2/h3-7,9-10,12,20H,8,11H2,1-2H3. The summed E-state index contributed by atoms with van der Waals surface area (Å²) >= 11 is 7.06. The Kier molecular flexibility index (Phi) is 6.27. The quantitative estimate of drug-likeness (QED) is 0.725. The van der Waals surface area contributed by atoms with Gasteiger partial charge in [-0.1, -0.05) is 46.3 Å². The van der Waals surface area contributed by atoms with E-state index in [9.17, 15) is 0 Å². The summed E-state index contributed by atoms with van der Waals surface area (Å²) in [5, 5.41) is 3.55. The number of rotatable bonds is 6. The number of hydrogen-bond donors (Lipinski definition) is 1. The predicted molar refractivity (Wildman–Crippen MR) is 94.8 cm³/mol. The Labute approximate surface area is 143 Å². The third-order valence-corrected chi connectivity index (χ3v) is 4.36. The summed E-state index contributed by atoms with van der Waals surface area (Å²) < 4.78 is 7.48. The van der Waals surface area contributed by atoms with Crippen LogP contribution in [-0.4, -0.2) is 13.2 Å². The fourth-order valence-corrected chi connectivity index (χ4v) is 3.77. The lowest BCUT2D eigenvalue weighted by atomic mass is 10.1. The number of methoxy groups -OCH3 is 1. The summed E-state index contributed by atoms with van der Waals surface area (Å²) in [6.07, 6.45) is 1.01. The summed E-state index contributed by atoms with van der Waals surface area (Å²) in [6, 6.07) is 15.0. The molecule has 2 aromatic carbocycles. The molecule has 2 nitrogen and oxygen atoms in total. The number of hydrogen-bond acceptors (Lipinski definition) is 2. The zero-order valence-corrected chi connectivity index (χ0v) is 15.4. The Morgan fingerprint density at radius 1 is 1.14 bits per heavy atom. The van der Waals surface area contributed by atoms with Crippen LogP contribution in [0.15, 0.2) is 51.4 Å². The first kappa shape index (κ1) is 16.5. The highest BCUT2D eigenvalue weighted by Gasteiger charge is 2.10. The van der Waals surface area contributed by atoms with E-state index < -0.39 is 0 Å². The third kappa shape index (κ3) is 4.83. The highest BCUT2D eigenvalue weighted by Crippen LogP contribution is 2.32. The fraction of sp³-hybridized carbons (Fsp3) is 0.294. The molecule has 1 N–H and O–H groups in total. The normalized spacial score (nSPS) is 12.2. The molecule has 1 unspecified atom stereocenters. The first-order valence-corrected chi connectivity index (χ1v) is 8.48. The van der Waals surface area contributed by atoms with E-state index in [2.05, 4.69) is 74.4 Å². The average molecular weight is 413 g/mol. The topological polar surface area (TPSA) is 21.3 Å². The van der Waals surface area contributed by atoms with E-state index in [0.29, 0.717) is 6.04 Å². The molecule has 0 heterocycles. The van der Waals surface area contributed by atoms with Gasteiger partial charge in [0.2, 0.25) is 0 Å². The molecule has 0 bridgehead atoms. The summed E-state index contributed by atoms with van der Waals surface area (Å²) in [7, 11) is 1.70. The summed E-state index contributed by atoms with van der Waals surface area (Å²) in [6.45, 7) is 2.97. The Morgan fingerprint density at radius 2 is 1.86 bits per heavy atom. The monoisotopic (exact) mass is 411 g/mol. The molecule has 0 saturated heterocycles. The molecule has 21 heavy (non-hydrogen) atoms. The van der Waals surface area contributed by atoms with E-state index in [1.807, 2.05) is 12.1 Å². The van der Waals surface area contributed by atoms with Crippen molar-refractivity contribution in [2.75, 3.05) is 7.11 Å². The average Bonchev–Trinajstić information content (AvgIpc) is 2.45. The van der Waals surface area contributed by atoms with Crippen LogP contribution in [0.5, 0.6) is 5.75 Å². The van der Waals surface area contributed by atoms with Gasteiger partial charge in [0.15, 0.2) is 0 Å². The van der Waals surface area contributed by atoms with Crippen LogP contribution in [-0.2, 0) is 13.0 Å². The summed E-state index contributed by atoms with van der Waals surface area (Å²) in [5.41, 5.74) is 2.48. The van der Waals surface area contributed by atoms with Gasteiger partial charge in [-0.3, -0.25) is 0 Å². The van der Waals surface area contributed by atoms with Gasteiger partial charge in [-0.15, -0.1) is 0 Å². The molecule has 2 rings (SSSR count). The molecule has 0 aromatic heterocycles. The zero-order chi connectivity index (χ0) is 15.2. The van der Waals surface area contributed by atoms with Crippen molar-refractivity contribution in [2.24, 2.45) is 0 Å². The molecule has 112 valence electrons. The van der Waals surface area contributed by atoms with E-state index in [0.717, 1.165) is 33.2 Å². The van der Waals surface area contributed by atoms with Gasteiger partial charge in [0.05, 0.1) is 11.6 Å². The van der Waals surface area contributed by atoms with Gasteiger partial charge < -0.3 is 10.1 Å². The van der Waals surface area contributed by atoms with E-state index in [1.165, 1.54) is 5.56 Å². The third-order valence-electron chi connectivity index (χ3n) is 3.32. The van der Waals surface area contributed by atoms with Gasteiger partial charge in [0.25, 0.3) is 0 Å². The molecule has 0 aliphatic carbocycles. The Hall–Kier alpha value is -0.840. The number of ether oxygens (including phenoxy) is 1. The first-order valence-electron chi connectivity index (χ1n) is 6.89. The van der Waals surface area contributed by atoms with E-state index in [1.54, 1.807) is 7.11 Å². The molecular weight excluding hydrogens is 394 g/mol. The van der Waals surface area contributed by atoms with Crippen LogP contribution in [0.1, 0.15) is 18.1 Å². The van der Waals surface area contributed by atoms with Crippen molar-refractivity contribution in [3.05, 3.63) is 62.5 Å². The second kappa shape index (κ2) is 7.97. The number of nitrogens with one attached hydrogen (secondary N) is 1. The van der Waals surface area contributed by atoms with Gasteiger partial charge in [0, 0.05) is 22.6 Å². The second-order valence-electron chi connectivity index (χ2n) is 5.05. The lowest BCUT2D eigenvalue weighted by Gasteiger charge is -2.16. The molecule has 2 aromatic rings. The van der Waals surface area contributed by atoms with Crippen molar-refractivity contribution >= 4 is 31.9 Å². The molecule has 0 aliphatic heterocycles. The number of benzene rings is 2. The van der Waals surface area contributed by atoms with Crippen LogP contribution in [0.2, 0.25) is 0 Å². The predicted octanol–water partition coefficient (Wildman–Crippen LogP) is 4.94. The SMILES string of the molecule is COc1c(Br)cc(Br)cc1CNC(C)Cc1ccccc1. The van der Waals surface area contributed by atoms with Crippen molar-refractivity contribution in [1.82, 2.24) is 5.32 Å². The molecule has 0 spiro atoms. The maximum atomic E-state index is 5.47. The van der Waals surface area contributed by atoms with Crippen molar-refractivity contribution in [2.45, 2.75) is 25.9 Å².